The smallest absolute Gasteiger partial charge is 0.191 e. The van der Waals surface area contributed by atoms with Crippen molar-refractivity contribution in [2.75, 3.05) is 39.8 Å². The van der Waals surface area contributed by atoms with Crippen molar-refractivity contribution in [2.45, 2.75) is 33.4 Å². The first-order valence-corrected chi connectivity index (χ1v) is 10.1. The van der Waals surface area contributed by atoms with Gasteiger partial charge in [-0.1, -0.05) is 32.0 Å². The summed E-state index contributed by atoms with van der Waals surface area (Å²) >= 11 is 0. The molecule has 0 radical (unpaired) electrons. The third-order valence-electron chi connectivity index (χ3n) is 4.62. The Labute approximate surface area is 168 Å². The first kappa shape index (κ1) is 21.8. The second-order valence-corrected chi connectivity index (χ2v) is 6.46. The summed E-state index contributed by atoms with van der Waals surface area (Å²) in [6.45, 7) is 10.5. The Hall–Kier alpha value is -2.54. The number of ether oxygens (including phenoxy) is 1. The standard InChI is InChI=1S/C21H34N6O/c1-4-26(5-2)16-17-28-20-11-7-6-10-19(20)18-24-21(22-3)23-12-8-14-27-15-9-13-25-27/h6-7,9-11,13,15H,4-5,8,12,14,16-18H2,1-3H3,(H2,22,23,24). The van der Waals surface area contributed by atoms with Crippen LogP contribution in [0.15, 0.2) is 47.7 Å². The maximum Gasteiger partial charge on any atom is 0.191 e. The number of rotatable bonds is 12. The molecule has 7 nitrogen and oxygen atoms in total. The van der Waals surface area contributed by atoms with E-state index in [-0.39, 0.29) is 0 Å². The number of aliphatic imine (C=N–C) groups is 1. The fourth-order valence-corrected chi connectivity index (χ4v) is 2.90. The van der Waals surface area contributed by atoms with Crippen LogP contribution in [0.3, 0.4) is 0 Å². The van der Waals surface area contributed by atoms with Gasteiger partial charge in [0.25, 0.3) is 0 Å². The molecule has 2 rings (SSSR count). The van der Waals surface area contributed by atoms with Gasteiger partial charge in [-0.25, -0.2) is 0 Å². The molecule has 2 aromatic rings. The topological polar surface area (TPSA) is 66.7 Å². The number of nitrogens with zero attached hydrogens (tertiary/aromatic N) is 4. The van der Waals surface area contributed by atoms with Crippen molar-refractivity contribution in [3.8, 4) is 5.75 Å². The summed E-state index contributed by atoms with van der Waals surface area (Å²) in [5.41, 5.74) is 1.13. The Bertz CT molecular complexity index is 682. The lowest BCUT2D eigenvalue weighted by Crippen LogP contribution is -2.37. The molecule has 0 aliphatic rings. The number of hydrogen-bond acceptors (Lipinski definition) is 4. The van der Waals surface area contributed by atoms with E-state index in [4.69, 9.17) is 4.74 Å². The minimum atomic E-state index is 0.667. The molecule has 0 aliphatic carbocycles. The van der Waals surface area contributed by atoms with E-state index in [2.05, 4.69) is 45.5 Å². The van der Waals surface area contributed by atoms with E-state index in [0.29, 0.717) is 13.2 Å². The minimum Gasteiger partial charge on any atom is -0.492 e. The molecule has 2 N–H and O–H groups in total. The number of hydrogen-bond donors (Lipinski definition) is 2. The Kier molecular flexibility index (Phi) is 9.93. The summed E-state index contributed by atoms with van der Waals surface area (Å²) in [4.78, 5) is 6.66. The van der Waals surface area contributed by atoms with Crippen LogP contribution in [0.4, 0.5) is 0 Å². The second-order valence-electron chi connectivity index (χ2n) is 6.46. The zero-order chi connectivity index (χ0) is 20.0. The van der Waals surface area contributed by atoms with Crippen LogP contribution >= 0.6 is 0 Å². The number of para-hydroxylation sites is 1. The molecule has 0 spiro atoms. The fourth-order valence-electron chi connectivity index (χ4n) is 2.90. The summed E-state index contributed by atoms with van der Waals surface area (Å²) < 4.78 is 7.96. The number of nitrogens with one attached hydrogen (secondary N) is 2. The quantitative estimate of drug-likeness (QED) is 0.333. The van der Waals surface area contributed by atoms with Gasteiger partial charge in [0.05, 0.1) is 0 Å². The van der Waals surface area contributed by atoms with Gasteiger partial charge in [-0.2, -0.15) is 5.10 Å². The lowest BCUT2D eigenvalue weighted by atomic mass is 10.2. The third kappa shape index (κ3) is 7.60. The van der Waals surface area contributed by atoms with Gasteiger partial charge in [0, 0.05) is 51.2 Å². The maximum absolute atomic E-state index is 6.03. The Morgan fingerprint density at radius 1 is 1.18 bits per heavy atom. The molecule has 0 atom stereocenters. The molecule has 0 saturated carbocycles. The lowest BCUT2D eigenvalue weighted by Gasteiger charge is -2.19. The zero-order valence-corrected chi connectivity index (χ0v) is 17.4. The van der Waals surface area contributed by atoms with Crippen LogP contribution in [-0.2, 0) is 13.1 Å². The summed E-state index contributed by atoms with van der Waals surface area (Å²) in [5.74, 6) is 1.72. The minimum absolute atomic E-state index is 0.667. The Balaban J connectivity index is 1.75. The molecular formula is C21H34N6O. The van der Waals surface area contributed by atoms with Crippen LogP contribution in [0.25, 0.3) is 0 Å². The maximum atomic E-state index is 6.03. The molecule has 7 heteroatoms. The predicted molar refractivity (Wildman–Crippen MR) is 115 cm³/mol. The first-order valence-electron chi connectivity index (χ1n) is 10.1. The molecule has 0 unspecified atom stereocenters. The number of aromatic nitrogens is 2. The van der Waals surface area contributed by atoms with Crippen molar-refractivity contribution >= 4 is 5.96 Å². The zero-order valence-electron chi connectivity index (χ0n) is 17.4. The number of benzene rings is 1. The van der Waals surface area contributed by atoms with Gasteiger partial charge < -0.3 is 20.3 Å². The van der Waals surface area contributed by atoms with Crippen LogP contribution in [0, 0.1) is 0 Å². The van der Waals surface area contributed by atoms with E-state index >= 15 is 0 Å². The highest BCUT2D eigenvalue weighted by Crippen LogP contribution is 2.17. The van der Waals surface area contributed by atoms with Gasteiger partial charge in [0.1, 0.15) is 12.4 Å². The summed E-state index contributed by atoms with van der Waals surface area (Å²) in [7, 11) is 1.79. The van der Waals surface area contributed by atoms with Gasteiger partial charge >= 0.3 is 0 Å². The average Bonchev–Trinajstić information content (AvgIpc) is 3.25. The van der Waals surface area contributed by atoms with Crippen molar-refractivity contribution in [1.29, 1.82) is 0 Å². The van der Waals surface area contributed by atoms with Crippen LogP contribution in [0.5, 0.6) is 5.75 Å². The highest BCUT2D eigenvalue weighted by Gasteiger charge is 2.06. The molecule has 0 fully saturated rings. The van der Waals surface area contributed by atoms with Crippen LogP contribution in [0.1, 0.15) is 25.8 Å². The van der Waals surface area contributed by atoms with E-state index < -0.39 is 0 Å². The van der Waals surface area contributed by atoms with Gasteiger partial charge in [-0.05, 0) is 31.6 Å². The predicted octanol–water partition coefficient (Wildman–Crippen LogP) is 2.36. The molecule has 0 saturated heterocycles. The normalized spacial score (nSPS) is 11.6. The van der Waals surface area contributed by atoms with Gasteiger partial charge in [-0.3, -0.25) is 9.67 Å². The first-order chi connectivity index (χ1) is 13.8. The molecule has 28 heavy (non-hydrogen) atoms. The van der Waals surface area contributed by atoms with Gasteiger partial charge in [0.2, 0.25) is 0 Å². The molecular weight excluding hydrogens is 352 g/mol. The molecule has 0 aliphatic heterocycles. The molecule has 0 bridgehead atoms. The van der Waals surface area contributed by atoms with E-state index in [1.165, 1.54) is 0 Å². The summed E-state index contributed by atoms with van der Waals surface area (Å²) in [6.07, 6.45) is 4.76. The molecule has 154 valence electrons. The SMILES string of the molecule is CCN(CC)CCOc1ccccc1CNC(=NC)NCCCn1cccn1. The van der Waals surface area contributed by atoms with Crippen LogP contribution < -0.4 is 15.4 Å². The van der Waals surface area contributed by atoms with Gasteiger partial charge in [-0.15, -0.1) is 0 Å². The second kappa shape index (κ2) is 12.8. The third-order valence-corrected chi connectivity index (χ3v) is 4.62. The fraction of sp³-hybridized carbons (Fsp3) is 0.524. The number of aryl methyl sites for hydroxylation is 1. The number of guanidine groups is 1. The molecule has 1 aromatic carbocycles. The van der Waals surface area contributed by atoms with Crippen molar-refractivity contribution < 1.29 is 4.74 Å². The highest BCUT2D eigenvalue weighted by atomic mass is 16.5. The average molecular weight is 387 g/mol. The van der Waals surface area contributed by atoms with Crippen molar-refractivity contribution in [3.63, 3.8) is 0 Å². The van der Waals surface area contributed by atoms with Crippen molar-refractivity contribution in [2.24, 2.45) is 4.99 Å². The van der Waals surface area contributed by atoms with Crippen molar-refractivity contribution in [3.05, 3.63) is 48.3 Å². The summed E-state index contributed by atoms with van der Waals surface area (Å²) in [5, 5.41) is 10.9. The largest absolute Gasteiger partial charge is 0.492 e. The van der Waals surface area contributed by atoms with E-state index in [9.17, 15) is 0 Å². The lowest BCUT2D eigenvalue weighted by molar-refractivity contribution is 0.221. The van der Waals surface area contributed by atoms with E-state index in [1.54, 1.807) is 13.2 Å². The van der Waals surface area contributed by atoms with E-state index in [1.807, 2.05) is 35.1 Å². The molecule has 0 amide bonds. The Morgan fingerprint density at radius 3 is 2.71 bits per heavy atom. The van der Waals surface area contributed by atoms with E-state index in [0.717, 1.165) is 56.4 Å². The van der Waals surface area contributed by atoms with Crippen LogP contribution in [0.2, 0.25) is 0 Å². The van der Waals surface area contributed by atoms with Crippen molar-refractivity contribution in [1.82, 2.24) is 25.3 Å². The van der Waals surface area contributed by atoms with Crippen LogP contribution in [-0.4, -0.2) is 60.5 Å². The monoisotopic (exact) mass is 386 g/mol. The molecule has 1 aromatic heterocycles. The number of likely N-dealkylation sites (N-methyl/N-ethyl adjacent to an activating group) is 1. The highest BCUT2D eigenvalue weighted by molar-refractivity contribution is 5.79. The Morgan fingerprint density at radius 2 is 2.00 bits per heavy atom. The molecule has 1 heterocycles. The summed E-state index contributed by atoms with van der Waals surface area (Å²) in [6, 6.07) is 10.1. The van der Waals surface area contributed by atoms with Gasteiger partial charge in [0.15, 0.2) is 5.96 Å².